The molecule has 0 aliphatic carbocycles. The molecular weight excluding hydrogens is 342 g/mol. The van der Waals surface area contributed by atoms with Crippen molar-refractivity contribution in [3.8, 4) is 0 Å². The largest absolute Gasteiger partial charge is 0.286 e. The SMILES string of the molecule is c1ccc2c(C(ON3CCCCC3)c3cccc4ccccc34)cccc2c1. The van der Waals surface area contributed by atoms with Gasteiger partial charge in [0.05, 0.1) is 0 Å². The zero-order chi connectivity index (χ0) is 18.8. The number of rotatable bonds is 4. The van der Waals surface area contributed by atoms with Crippen molar-refractivity contribution in [1.29, 1.82) is 0 Å². The van der Waals surface area contributed by atoms with Crippen LogP contribution in [-0.2, 0) is 4.84 Å². The summed E-state index contributed by atoms with van der Waals surface area (Å²) < 4.78 is 0. The summed E-state index contributed by atoms with van der Waals surface area (Å²) in [6.07, 6.45) is 3.60. The van der Waals surface area contributed by atoms with Gasteiger partial charge in [-0.25, -0.2) is 0 Å². The molecule has 4 aromatic rings. The molecule has 0 atom stereocenters. The van der Waals surface area contributed by atoms with Crippen molar-refractivity contribution in [3.63, 3.8) is 0 Å². The van der Waals surface area contributed by atoms with E-state index in [0.717, 1.165) is 13.1 Å². The van der Waals surface area contributed by atoms with Gasteiger partial charge in [-0.3, -0.25) is 4.84 Å². The molecule has 1 saturated heterocycles. The number of hydrogen-bond donors (Lipinski definition) is 0. The lowest BCUT2D eigenvalue weighted by Gasteiger charge is -2.31. The molecule has 1 aliphatic heterocycles. The first-order valence-corrected chi connectivity index (χ1v) is 10.3. The Kier molecular flexibility index (Phi) is 4.82. The maximum absolute atomic E-state index is 6.71. The molecule has 4 aromatic carbocycles. The average Bonchev–Trinajstić information content (AvgIpc) is 2.78. The van der Waals surface area contributed by atoms with Crippen molar-refractivity contribution in [2.45, 2.75) is 25.4 Å². The first kappa shape index (κ1) is 17.4. The van der Waals surface area contributed by atoms with Crippen LogP contribution in [0.3, 0.4) is 0 Å². The minimum absolute atomic E-state index is 0.115. The Balaban J connectivity index is 1.68. The van der Waals surface area contributed by atoms with E-state index < -0.39 is 0 Å². The van der Waals surface area contributed by atoms with Crippen LogP contribution in [0.25, 0.3) is 21.5 Å². The molecule has 0 unspecified atom stereocenters. The fourth-order valence-corrected chi connectivity index (χ4v) is 4.36. The van der Waals surface area contributed by atoms with Gasteiger partial charge in [0.25, 0.3) is 0 Å². The molecule has 1 heterocycles. The minimum atomic E-state index is -0.115. The zero-order valence-electron chi connectivity index (χ0n) is 16.1. The summed E-state index contributed by atoms with van der Waals surface area (Å²) >= 11 is 0. The van der Waals surface area contributed by atoms with Gasteiger partial charge < -0.3 is 0 Å². The lowest BCUT2D eigenvalue weighted by molar-refractivity contribution is -0.195. The van der Waals surface area contributed by atoms with E-state index in [1.54, 1.807) is 0 Å². The van der Waals surface area contributed by atoms with Gasteiger partial charge in [0.15, 0.2) is 0 Å². The summed E-state index contributed by atoms with van der Waals surface area (Å²) in [4.78, 5) is 6.71. The molecule has 2 nitrogen and oxygen atoms in total. The fourth-order valence-electron chi connectivity index (χ4n) is 4.36. The van der Waals surface area contributed by atoms with Crippen molar-refractivity contribution in [3.05, 3.63) is 96.1 Å². The van der Waals surface area contributed by atoms with Gasteiger partial charge >= 0.3 is 0 Å². The molecule has 5 rings (SSSR count). The number of fused-ring (bicyclic) bond motifs is 2. The van der Waals surface area contributed by atoms with E-state index in [2.05, 4.69) is 90.0 Å². The molecule has 1 fully saturated rings. The predicted molar refractivity (Wildman–Crippen MR) is 116 cm³/mol. The van der Waals surface area contributed by atoms with Gasteiger partial charge in [0.1, 0.15) is 6.10 Å². The highest BCUT2D eigenvalue weighted by molar-refractivity contribution is 5.89. The van der Waals surface area contributed by atoms with E-state index >= 15 is 0 Å². The third kappa shape index (κ3) is 3.30. The van der Waals surface area contributed by atoms with Gasteiger partial charge in [-0.05, 0) is 45.5 Å². The summed E-state index contributed by atoms with van der Waals surface area (Å²) in [6.45, 7) is 2.01. The highest BCUT2D eigenvalue weighted by atomic mass is 16.7. The number of nitrogens with zero attached hydrogens (tertiary/aromatic N) is 1. The van der Waals surface area contributed by atoms with Crippen molar-refractivity contribution < 1.29 is 4.84 Å². The van der Waals surface area contributed by atoms with E-state index in [1.807, 2.05) is 0 Å². The highest BCUT2D eigenvalue weighted by Crippen LogP contribution is 2.36. The maximum atomic E-state index is 6.71. The summed E-state index contributed by atoms with van der Waals surface area (Å²) in [5.41, 5.74) is 2.47. The molecule has 0 spiro atoms. The number of hydrogen-bond acceptors (Lipinski definition) is 2. The van der Waals surface area contributed by atoms with Crippen LogP contribution >= 0.6 is 0 Å². The van der Waals surface area contributed by atoms with Crippen LogP contribution in [0.2, 0.25) is 0 Å². The second-order valence-corrected chi connectivity index (χ2v) is 7.61. The third-order valence-electron chi connectivity index (χ3n) is 5.78. The van der Waals surface area contributed by atoms with Crippen LogP contribution in [0.1, 0.15) is 36.5 Å². The molecule has 28 heavy (non-hydrogen) atoms. The van der Waals surface area contributed by atoms with E-state index in [4.69, 9.17) is 4.84 Å². The highest BCUT2D eigenvalue weighted by Gasteiger charge is 2.24. The standard InChI is InChI=1S/C26H25NO/c1-6-18-27(19-7-1)28-26(24-16-8-12-20-10-2-4-14-22(20)24)25-17-9-13-21-11-3-5-15-23(21)25/h2-5,8-17,26H,1,6-7,18-19H2. The van der Waals surface area contributed by atoms with E-state index in [9.17, 15) is 0 Å². The molecule has 0 amide bonds. The maximum Gasteiger partial charge on any atom is 0.131 e. The van der Waals surface area contributed by atoms with Crippen LogP contribution in [-0.4, -0.2) is 18.2 Å². The minimum Gasteiger partial charge on any atom is -0.286 e. The predicted octanol–water partition coefficient (Wildman–Crippen LogP) is 6.50. The monoisotopic (exact) mass is 367 g/mol. The van der Waals surface area contributed by atoms with Gasteiger partial charge in [-0.2, -0.15) is 5.06 Å². The Morgan fingerprint density at radius 1 is 0.571 bits per heavy atom. The number of piperidine rings is 1. The van der Waals surface area contributed by atoms with Crippen LogP contribution in [0.15, 0.2) is 84.9 Å². The third-order valence-corrected chi connectivity index (χ3v) is 5.78. The lowest BCUT2D eigenvalue weighted by Crippen LogP contribution is -2.32. The molecule has 1 aliphatic rings. The molecule has 0 radical (unpaired) electrons. The molecule has 140 valence electrons. The van der Waals surface area contributed by atoms with Crippen molar-refractivity contribution in [1.82, 2.24) is 5.06 Å². The second kappa shape index (κ2) is 7.75. The fraction of sp³-hybridized carbons (Fsp3) is 0.231. The van der Waals surface area contributed by atoms with E-state index in [0.29, 0.717) is 0 Å². The molecule has 0 saturated carbocycles. The first-order chi connectivity index (χ1) is 13.9. The van der Waals surface area contributed by atoms with E-state index in [-0.39, 0.29) is 6.10 Å². The Morgan fingerprint density at radius 2 is 1.07 bits per heavy atom. The van der Waals surface area contributed by atoms with Gasteiger partial charge in [0.2, 0.25) is 0 Å². The Hall–Kier alpha value is -2.68. The van der Waals surface area contributed by atoms with Gasteiger partial charge in [-0.1, -0.05) is 91.3 Å². The molecular formula is C26H25NO. The smallest absolute Gasteiger partial charge is 0.131 e. The summed E-state index contributed by atoms with van der Waals surface area (Å²) in [5.74, 6) is 0. The number of benzene rings is 4. The molecule has 0 bridgehead atoms. The summed E-state index contributed by atoms with van der Waals surface area (Å²) in [6, 6.07) is 30.3. The van der Waals surface area contributed by atoms with Crippen LogP contribution in [0.5, 0.6) is 0 Å². The molecule has 0 N–H and O–H groups in total. The summed E-state index contributed by atoms with van der Waals surface area (Å²) in [7, 11) is 0. The Bertz CT molecular complexity index is 1010. The van der Waals surface area contributed by atoms with Crippen LogP contribution in [0.4, 0.5) is 0 Å². The quantitative estimate of drug-likeness (QED) is 0.408. The zero-order valence-corrected chi connectivity index (χ0v) is 16.1. The van der Waals surface area contributed by atoms with E-state index in [1.165, 1.54) is 51.9 Å². The van der Waals surface area contributed by atoms with Crippen LogP contribution in [0, 0.1) is 0 Å². The van der Waals surface area contributed by atoms with Gasteiger partial charge in [-0.15, -0.1) is 0 Å². The number of hydroxylamine groups is 2. The summed E-state index contributed by atoms with van der Waals surface area (Å²) in [5, 5.41) is 7.22. The average molecular weight is 367 g/mol. The molecule has 0 aromatic heterocycles. The topological polar surface area (TPSA) is 12.5 Å². The lowest BCUT2D eigenvalue weighted by atomic mass is 9.92. The molecule has 2 heteroatoms. The van der Waals surface area contributed by atoms with Crippen LogP contribution < -0.4 is 0 Å². The van der Waals surface area contributed by atoms with Crippen molar-refractivity contribution in [2.75, 3.05) is 13.1 Å². The van der Waals surface area contributed by atoms with Gasteiger partial charge in [0, 0.05) is 13.1 Å². The van der Waals surface area contributed by atoms with Crippen molar-refractivity contribution >= 4 is 21.5 Å². The van der Waals surface area contributed by atoms with Crippen molar-refractivity contribution in [2.24, 2.45) is 0 Å². The normalized spacial score (nSPS) is 15.5. The Morgan fingerprint density at radius 3 is 1.64 bits per heavy atom. The first-order valence-electron chi connectivity index (χ1n) is 10.3. The Labute approximate surface area is 166 Å². The second-order valence-electron chi connectivity index (χ2n) is 7.61.